The Morgan fingerprint density at radius 1 is 1.20 bits per heavy atom. The summed E-state index contributed by atoms with van der Waals surface area (Å²) in [6, 6.07) is 5.55. The van der Waals surface area contributed by atoms with E-state index in [0.717, 1.165) is 10.9 Å². The molecule has 25 heavy (non-hydrogen) atoms. The predicted molar refractivity (Wildman–Crippen MR) is 99.2 cm³/mol. The number of halogens is 2. The molecule has 4 nitrogen and oxygen atoms in total. The number of carbonyl (C=O) groups is 1. The van der Waals surface area contributed by atoms with Crippen molar-refractivity contribution < 1.29 is 18.8 Å². The number of hydrogen-bond acceptors (Lipinski definition) is 3. The Labute approximate surface area is 159 Å². The summed E-state index contributed by atoms with van der Waals surface area (Å²) in [7, 11) is 2.36. The summed E-state index contributed by atoms with van der Waals surface area (Å²) in [5.74, 6) is 0.556. The first-order valence-electron chi connectivity index (χ1n) is 9.06. The molecule has 2 aliphatic rings. The zero-order valence-electron chi connectivity index (χ0n) is 14.7. The smallest absolute Gasteiger partial charge is 0.344 e. The number of fused-ring (bicyclic) bond motifs is 1. The molecule has 0 amide bonds. The van der Waals surface area contributed by atoms with E-state index in [-0.39, 0.29) is 12.6 Å². The molecule has 0 aromatic heterocycles. The third kappa shape index (κ3) is 4.60. The van der Waals surface area contributed by atoms with Crippen molar-refractivity contribution in [2.75, 3.05) is 33.4 Å². The molecule has 0 bridgehead atoms. The molecule has 1 unspecified atom stereocenters. The average Bonchev–Trinajstić information content (AvgIpc) is 2.58. The number of rotatable bonds is 5. The number of ether oxygens (including phenoxy) is 2. The highest BCUT2D eigenvalue weighted by molar-refractivity contribution is 6.35. The Kier molecular flexibility index (Phi) is 6.13. The second kappa shape index (κ2) is 8.15. The Balaban J connectivity index is 1.48. The van der Waals surface area contributed by atoms with Gasteiger partial charge in [0.2, 0.25) is 0 Å². The standard InChI is InChI=1S/C19H26Cl2NO3/c1-22-9-3-2-6-17(22)14(5-4-10-22)12-25-19(23)13-24-18-8-7-15(20)11-16(18)21/h7-8,11,14,17H,2-6,9-10,12-13H2,1H3/q+1/t14-,17+,22?/m0/s1. The van der Waals surface area contributed by atoms with Gasteiger partial charge in [-0.15, -0.1) is 0 Å². The van der Waals surface area contributed by atoms with E-state index in [9.17, 15) is 4.79 Å². The van der Waals surface area contributed by atoms with Gasteiger partial charge in [0.25, 0.3) is 0 Å². The van der Waals surface area contributed by atoms with Gasteiger partial charge in [-0.2, -0.15) is 0 Å². The largest absolute Gasteiger partial charge is 0.480 e. The molecule has 2 heterocycles. The number of esters is 1. The van der Waals surface area contributed by atoms with Gasteiger partial charge in [0.1, 0.15) is 5.75 Å². The van der Waals surface area contributed by atoms with Gasteiger partial charge in [-0.05, 0) is 43.9 Å². The normalized spacial score (nSPS) is 28.9. The number of benzene rings is 1. The molecule has 0 spiro atoms. The SMILES string of the molecule is C[N+]12CCCC[C@@H]1[C@H](COC(=O)COc1ccc(Cl)cc1Cl)CCC2. The fourth-order valence-electron chi connectivity index (χ4n) is 4.40. The number of carbonyl (C=O) groups excluding carboxylic acids is 1. The molecule has 0 saturated carbocycles. The van der Waals surface area contributed by atoms with Gasteiger partial charge < -0.3 is 14.0 Å². The van der Waals surface area contributed by atoms with Crippen LogP contribution in [0.3, 0.4) is 0 Å². The van der Waals surface area contributed by atoms with E-state index in [1.165, 1.54) is 38.8 Å². The molecule has 2 fully saturated rings. The molecule has 2 saturated heterocycles. The number of hydrogen-bond donors (Lipinski definition) is 0. The van der Waals surface area contributed by atoms with E-state index in [2.05, 4.69) is 7.05 Å². The molecular formula is C19H26Cl2NO3+. The van der Waals surface area contributed by atoms with Crippen molar-refractivity contribution in [1.29, 1.82) is 0 Å². The van der Waals surface area contributed by atoms with Crippen molar-refractivity contribution >= 4 is 29.2 Å². The lowest BCUT2D eigenvalue weighted by Gasteiger charge is -2.51. The van der Waals surface area contributed by atoms with Crippen LogP contribution in [0.4, 0.5) is 0 Å². The fourth-order valence-corrected chi connectivity index (χ4v) is 4.86. The summed E-state index contributed by atoms with van der Waals surface area (Å²) in [5.41, 5.74) is 0. The van der Waals surface area contributed by atoms with Gasteiger partial charge in [0, 0.05) is 17.4 Å². The van der Waals surface area contributed by atoms with Crippen LogP contribution in [0.1, 0.15) is 32.1 Å². The maximum atomic E-state index is 12.1. The van der Waals surface area contributed by atoms with E-state index < -0.39 is 0 Å². The maximum Gasteiger partial charge on any atom is 0.344 e. The third-order valence-electron chi connectivity index (χ3n) is 5.71. The van der Waals surface area contributed by atoms with Crippen molar-refractivity contribution in [2.24, 2.45) is 5.92 Å². The fraction of sp³-hybridized carbons (Fsp3) is 0.632. The van der Waals surface area contributed by atoms with Crippen LogP contribution in [-0.4, -0.2) is 49.8 Å². The second-order valence-electron chi connectivity index (χ2n) is 7.44. The zero-order chi connectivity index (χ0) is 17.9. The van der Waals surface area contributed by atoms with Gasteiger partial charge >= 0.3 is 5.97 Å². The summed E-state index contributed by atoms with van der Waals surface area (Å²) in [6.07, 6.45) is 6.22. The van der Waals surface area contributed by atoms with E-state index in [4.69, 9.17) is 32.7 Å². The van der Waals surface area contributed by atoms with Crippen LogP contribution in [-0.2, 0) is 9.53 Å². The van der Waals surface area contributed by atoms with Gasteiger partial charge in [0.05, 0.1) is 37.8 Å². The molecular weight excluding hydrogens is 361 g/mol. The van der Waals surface area contributed by atoms with E-state index >= 15 is 0 Å². The van der Waals surface area contributed by atoms with E-state index in [1.54, 1.807) is 18.2 Å². The first-order valence-corrected chi connectivity index (χ1v) is 9.81. The van der Waals surface area contributed by atoms with Crippen LogP contribution in [0.2, 0.25) is 10.0 Å². The molecule has 0 N–H and O–H groups in total. The van der Waals surface area contributed by atoms with Crippen LogP contribution >= 0.6 is 23.2 Å². The third-order valence-corrected chi connectivity index (χ3v) is 6.24. The average molecular weight is 387 g/mol. The van der Waals surface area contributed by atoms with Crippen LogP contribution in [0.15, 0.2) is 18.2 Å². The minimum absolute atomic E-state index is 0.134. The number of piperidine rings is 2. The van der Waals surface area contributed by atoms with Gasteiger partial charge in [0.15, 0.2) is 6.61 Å². The minimum Gasteiger partial charge on any atom is -0.480 e. The summed E-state index contributed by atoms with van der Waals surface area (Å²) in [6.45, 7) is 2.88. The Morgan fingerprint density at radius 2 is 2.00 bits per heavy atom. The zero-order valence-corrected chi connectivity index (χ0v) is 16.2. The van der Waals surface area contributed by atoms with Crippen LogP contribution in [0.5, 0.6) is 5.75 Å². The predicted octanol–water partition coefficient (Wildman–Crippen LogP) is 4.32. The van der Waals surface area contributed by atoms with Crippen molar-refractivity contribution in [2.45, 2.75) is 38.1 Å². The molecule has 1 aromatic carbocycles. The van der Waals surface area contributed by atoms with Gasteiger partial charge in [-0.3, -0.25) is 0 Å². The van der Waals surface area contributed by atoms with Gasteiger partial charge in [-0.25, -0.2) is 4.79 Å². The molecule has 6 heteroatoms. The van der Waals surface area contributed by atoms with E-state index in [1.807, 2.05) is 0 Å². The molecule has 1 aromatic rings. The van der Waals surface area contributed by atoms with Crippen molar-refractivity contribution in [3.63, 3.8) is 0 Å². The van der Waals surface area contributed by atoms with Crippen molar-refractivity contribution in [3.05, 3.63) is 28.2 Å². The number of nitrogens with zero attached hydrogens (tertiary/aromatic N) is 1. The van der Waals surface area contributed by atoms with Gasteiger partial charge in [-0.1, -0.05) is 23.2 Å². The lowest BCUT2D eigenvalue weighted by atomic mass is 9.82. The first kappa shape index (κ1) is 18.8. The van der Waals surface area contributed by atoms with Crippen molar-refractivity contribution in [3.8, 4) is 5.75 Å². The quantitative estimate of drug-likeness (QED) is 0.558. The highest BCUT2D eigenvalue weighted by Crippen LogP contribution is 2.36. The van der Waals surface area contributed by atoms with E-state index in [0.29, 0.717) is 34.4 Å². The molecule has 2 aliphatic heterocycles. The highest BCUT2D eigenvalue weighted by atomic mass is 35.5. The summed E-state index contributed by atoms with van der Waals surface area (Å²) in [4.78, 5) is 12.1. The first-order chi connectivity index (χ1) is 12.0. The van der Waals surface area contributed by atoms with Crippen LogP contribution < -0.4 is 4.74 Å². The Morgan fingerprint density at radius 3 is 2.80 bits per heavy atom. The molecule has 138 valence electrons. The number of quaternary nitrogens is 1. The molecule has 0 radical (unpaired) electrons. The maximum absolute atomic E-state index is 12.1. The minimum atomic E-state index is -0.346. The second-order valence-corrected chi connectivity index (χ2v) is 8.28. The lowest BCUT2D eigenvalue weighted by molar-refractivity contribution is -0.947. The lowest BCUT2D eigenvalue weighted by Crippen LogP contribution is -2.61. The highest BCUT2D eigenvalue weighted by Gasteiger charge is 2.43. The summed E-state index contributed by atoms with van der Waals surface area (Å²) >= 11 is 11.9. The van der Waals surface area contributed by atoms with Crippen LogP contribution in [0, 0.1) is 5.92 Å². The summed E-state index contributed by atoms with van der Waals surface area (Å²) < 4.78 is 12.1. The Hall–Kier alpha value is -0.970. The molecule has 3 rings (SSSR count). The van der Waals surface area contributed by atoms with Crippen molar-refractivity contribution in [1.82, 2.24) is 0 Å². The van der Waals surface area contributed by atoms with Crippen LogP contribution in [0.25, 0.3) is 0 Å². The summed E-state index contributed by atoms with van der Waals surface area (Å²) in [5, 5.41) is 0.925. The topological polar surface area (TPSA) is 35.5 Å². The molecule has 3 atom stereocenters. The molecule has 0 aliphatic carbocycles. The Bertz CT molecular complexity index is 621. The monoisotopic (exact) mass is 386 g/mol.